The number of fused-ring (bicyclic) bond motifs is 3. The van der Waals surface area contributed by atoms with Crippen molar-refractivity contribution in [3.05, 3.63) is 149 Å². The van der Waals surface area contributed by atoms with Crippen molar-refractivity contribution in [3.8, 4) is 45.0 Å². The summed E-state index contributed by atoms with van der Waals surface area (Å²) in [6, 6.07) is 33.8. The number of morpholine rings is 3. The van der Waals surface area contributed by atoms with Gasteiger partial charge in [-0.1, -0.05) is 85.3 Å². The molecule has 0 radical (unpaired) electrons. The van der Waals surface area contributed by atoms with E-state index in [-0.39, 0.29) is 0 Å². The standard InChI is InChI=1S/C28H41BN4O4Si.C25H33N7O2Si.C20H20N6O.C3H4BrN3/c1-27(2)28(3,4)37-29(36-27)22-8-9-24-23(19-22)26(31-33(24)20-35-16-17-38(5,6)7)21-10-11-30-25(18-21)32-12-14-34-15-13-32;1-30-17-22(27-29-30)19-5-6-23-21(15-19)25(28-32(23)18-34-13-14-35(2,3)4)20-7-8-26-24(16-20)31-9-11-33-12-10-31;1-25-13-18(23-24-25)14-2-3-16-12-22-20(17(16)10-14)15-4-5-21-19(11-15)26-6-8-27-9-7-26;1-7-2-3(4)5-6-7/h8-11,18-19H,12-17,20H2,1-7H3;5-8,15-17H,9-14,18H2,1-4H3;2-5,10-11,13H,6-9,12H2,1H3;2H,1H3. The van der Waals surface area contributed by atoms with Crippen LogP contribution in [0, 0.1) is 0 Å². The van der Waals surface area contributed by atoms with E-state index in [2.05, 4.69) is 216 Å². The van der Waals surface area contributed by atoms with Gasteiger partial charge in [-0.25, -0.2) is 24.3 Å². The number of benzene rings is 3. The summed E-state index contributed by atoms with van der Waals surface area (Å²) in [5.74, 6) is 2.88. The SMILES string of the molecule is CC1(C)OB(c2ccc3c(c2)c(-c2ccnc(N4CCOCC4)c2)nn3COCC[Si](C)(C)C)OC1(C)C.Cn1cc(-c2ccc3c(c2)C(c2ccnc(N4CCOCC4)c2)=NC3)nn1.Cn1cc(-c2ccc3c(c2)c(-c2ccnc(N4CCOCC4)c2)nn3COCC[Si](C)(C)C)nn1.Cn1cc(Br)nn1. The molecule has 8 aromatic heterocycles. The number of aryl methyl sites for hydroxylation is 3. The highest BCUT2D eigenvalue weighted by molar-refractivity contribution is 9.10. The van der Waals surface area contributed by atoms with Gasteiger partial charge in [0.15, 0.2) is 0 Å². The topological polar surface area (TPSA) is 253 Å². The molecule has 5 aliphatic rings. The second kappa shape index (κ2) is 33.4. The molecular formula is C76H98BBrN20O7Si2. The average Bonchev–Trinajstić information content (AvgIpc) is 1.62. The highest BCUT2D eigenvalue weighted by atomic mass is 79.9. The van der Waals surface area contributed by atoms with Crippen LogP contribution in [0.5, 0.6) is 0 Å². The van der Waals surface area contributed by atoms with Crippen LogP contribution in [0.25, 0.3) is 66.8 Å². The van der Waals surface area contributed by atoms with Gasteiger partial charge in [-0.15, -0.1) is 15.3 Å². The van der Waals surface area contributed by atoms with Gasteiger partial charge in [-0.3, -0.25) is 19.0 Å². The van der Waals surface area contributed by atoms with Crippen LogP contribution >= 0.6 is 15.9 Å². The summed E-state index contributed by atoms with van der Waals surface area (Å²) in [4.78, 5) is 25.4. The van der Waals surface area contributed by atoms with Gasteiger partial charge in [0.2, 0.25) is 0 Å². The van der Waals surface area contributed by atoms with Crippen LogP contribution in [0.4, 0.5) is 17.5 Å². The van der Waals surface area contributed by atoms with Crippen LogP contribution < -0.4 is 20.2 Å². The number of anilines is 3. The van der Waals surface area contributed by atoms with E-state index in [0.29, 0.717) is 20.0 Å². The van der Waals surface area contributed by atoms with Crippen molar-refractivity contribution in [2.24, 2.45) is 26.1 Å². The van der Waals surface area contributed by atoms with E-state index in [0.717, 1.165) is 215 Å². The molecule has 0 atom stereocenters. The Kier molecular flexibility index (Phi) is 23.9. The molecule has 107 heavy (non-hydrogen) atoms. The summed E-state index contributed by atoms with van der Waals surface area (Å²) < 4.78 is 51.2. The average molecular weight is 1550 g/mol. The molecule has 16 rings (SSSR count). The molecule has 5 aliphatic heterocycles. The highest BCUT2D eigenvalue weighted by Gasteiger charge is 2.52. The van der Waals surface area contributed by atoms with Gasteiger partial charge >= 0.3 is 7.12 Å². The Labute approximate surface area is 636 Å². The summed E-state index contributed by atoms with van der Waals surface area (Å²) in [6.07, 6.45) is 11.2. The van der Waals surface area contributed by atoms with Gasteiger partial charge in [-0.05, 0) is 127 Å². The molecule has 0 amide bonds. The first kappa shape index (κ1) is 76.4. The summed E-state index contributed by atoms with van der Waals surface area (Å²) in [5.41, 5.74) is 14.4. The Morgan fingerprint density at radius 2 is 0.916 bits per heavy atom. The lowest BCUT2D eigenvalue weighted by atomic mass is 9.78. The molecule has 27 nitrogen and oxygen atoms in total. The molecule has 0 saturated carbocycles. The fourth-order valence-electron chi connectivity index (χ4n) is 12.8. The normalized spacial score (nSPS) is 16.4. The Hall–Kier alpha value is -8.76. The van der Waals surface area contributed by atoms with Crippen molar-refractivity contribution in [1.29, 1.82) is 0 Å². The third kappa shape index (κ3) is 19.0. The van der Waals surface area contributed by atoms with E-state index in [1.165, 1.54) is 5.56 Å². The van der Waals surface area contributed by atoms with Crippen LogP contribution in [-0.2, 0) is 74.1 Å². The minimum atomic E-state index is -1.17. The second-order valence-corrected chi connectivity index (χ2v) is 42.9. The minimum Gasteiger partial charge on any atom is -0.399 e. The Bertz CT molecular complexity index is 4840. The zero-order chi connectivity index (χ0) is 75.0. The molecule has 562 valence electrons. The number of aromatic nitrogens is 16. The summed E-state index contributed by atoms with van der Waals surface area (Å²) in [5, 5.41) is 36.1. The fraction of sp³-hybridized carbons (Fsp3) is 0.447. The molecule has 0 aliphatic carbocycles. The van der Waals surface area contributed by atoms with Gasteiger partial charge in [0.1, 0.15) is 58.3 Å². The van der Waals surface area contributed by atoms with Crippen LogP contribution in [0.3, 0.4) is 0 Å². The van der Waals surface area contributed by atoms with E-state index in [1.54, 1.807) is 20.2 Å². The number of halogens is 1. The van der Waals surface area contributed by atoms with Crippen molar-refractivity contribution < 1.29 is 33.0 Å². The van der Waals surface area contributed by atoms with Crippen LogP contribution in [0.15, 0.2) is 138 Å². The Morgan fingerprint density at radius 3 is 1.36 bits per heavy atom. The number of rotatable bonds is 19. The van der Waals surface area contributed by atoms with Gasteiger partial charge in [0.05, 0.1) is 92.7 Å². The summed E-state index contributed by atoms with van der Waals surface area (Å²) >= 11 is 3.14. The maximum atomic E-state index is 6.36. The number of aliphatic imine (C=N–C) groups is 1. The molecular weight excluding hydrogens is 1450 g/mol. The van der Waals surface area contributed by atoms with Crippen molar-refractivity contribution in [2.75, 3.05) is 107 Å². The lowest BCUT2D eigenvalue weighted by molar-refractivity contribution is 0.00578. The number of ether oxygens (including phenoxy) is 5. The van der Waals surface area contributed by atoms with Crippen molar-refractivity contribution in [3.63, 3.8) is 0 Å². The molecule has 3 aromatic carbocycles. The number of pyridine rings is 3. The molecule has 0 bridgehead atoms. The maximum absolute atomic E-state index is 6.36. The quantitative estimate of drug-likeness (QED) is 0.0538. The lowest BCUT2D eigenvalue weighted by Crippen LogP contribution is -2.41. The van der Waals surface area contributed by atoms with Gasteiger partial charge in [0.25, 0.3) is 0 Å². The molecule has 31 heteroatoms. The smallest absolute Gasteiger partial charge is 0.399 e. The van der Waals surface area contributed by atoms with Crippen molar-refractivity contribution >= 4 is 89.6 Å². The van der Waals surface area contributed by atoms with E-state index < -0.39 is 34.5 Å². The zero-order valence-corrected chi connectivity index (χ0v) is 67.4. The number of nitrogens with zero attached hydrogens (tertiary/aromatic N) is 20. The Morgan fingerprint density at radius 1 is 0.486 bits per heavy atom. The van der Waals surface area contributed by atoms with Crippen LogP contribution in [-0.4, -0.2) is 212 Å². The maximum Gasteiger partial charge on any atom is 0.494 e. The second-order valence-electron chi connectivity index (χ2n) is 30.8. The summed E-state index contributed by atoms with van der Waals surface area (Å²) in [6.45, 7) is 35.0. The monoisotopic (exact) mass is 1550 g/mol. The molecule has 4 fully saturated rings. The zero-order valence-electron chi connectivity index (χ0n) is 63.8. The fourth-order valence-corrected chi connectivity index (χ4v) is 14.7. The van der Waals surface area contributed by atoms with Crippen molar-refractivity contribution in [2.45, 2.75) is 110 Å². The lowest BCUT2D eigenvalue weighted by Gasteiger charge is -2.32. The number of hydrogen-bond donors (Lipinski definition) is 0. The third-order valence-corrected chi connectivity index (χ3v) is 23.4. The van der Waals surface area contributed by atoms with E-state index in [4.69, 9.17) is 48.2 Å². The largest absolute Gasteiger partial charge is 0.494 e. The first-order valence-corrected chi connectivity index (χ1v) is 44.9. The molecule has 11 aromatic rings. The van der Waals surface area contributed by atoms with Crippen LogP contribution in [0.1, 0.15) is 44.4 Å². The predicted molar refractivity (Wildman–Crippen MR) is 428 cm³/mol. The van der Waals surface area contributed by atoms with Gasteiger partial charge in [0, 0.05) is 153 Å². The first-order valence-electron chi connectivity index (χ1n) is 36.7. The first-order chi connectivity index (χ1) is 51.4. The molecule has 13 heterocycles. The highest BCUT2D eigenvalue weighted by Crippen LogP contribution is 2.39. The molecule has 0 unspecified atom stereocenters. The van der Waals surface area contributed by atoms with E-state index in [9.17, 15) is 0 Å². The van der Waals surface area contributed by atoms with Crippen LogP contribution in [0.2, 0.25) is 51.4 Å². The molecule has 0 spiro atoms. The van der Waals surface area contributed by atoms with Gasteiger partial charge in [-0.2, -0.15) is 10.2 Å². The molecule has 0 N–H and O–H groups in total. The van der Waals surface area contributed by atoms with E-state index in [1.807, 2.05) is 79.7 Å². The van der Waals surface area contributed by atoms with Crippen molar-refractivity contribution in [1.82, 2.24) is 79.5 Å². The Balaban J connectivity index is 0.000000137. The molecule has 4 saturated heterocycles. The third-order valence-electron chi connectivity index (χ3n) is 19.7. The number of hydrogen-bond acceptors (Lipinski definition) is 22. The van der Waals surface area contributed by atoms with Gasteiger partial charge < -0.3 is 47.7 Å². The predicted octanol–water partition coefficient (Wildman–Crippen LogP) is 11.2. The summed E-state index contributed by atoms with van der Waals surface area (Å²) in [7, 11) is 2.81. The van der Waals surface area contributed by atoms with E-state index >= 15 is 0 Å². The minimum absolute atomic E-state index is 0.401.